The molecule has 0 aliphatic carbocycles. The summed E-state index contributed by atoms with van der Waals surface area (Å²) in [6, 6.07) is 6.07. The number of rotatable bonds is 9. The molecule has 0 radical (unpaired) electrons. The van der Waals surface area contributed by atoms with Crippen molar-refractivity contribution in [3.05, 3.63) is 23.8 Å². The summed E-state index contributed by atoms with van der Waals surface area (Å²) in [6.07, 6.45) is 3.16. The van der Waals surface area contributed by atoms with E-state index in [1.165, 1.54) is 5.56 Å². The van der Waals surface area contributed by atoms with Crippen LogP contribution in [-0.2, 0) is 6.42 Å². The molecular formula is C18H31N3O2. The average Bonchev–Trinajstić information content (AvgIpc) is 2.56. The van der Waals surface area contributed by atoms with Crippen LogP contribution in [0.3, 0.4) is 0 Å². The molecule has 5 nitrogen and oxygen atoms in total. The number of hydrogen-bond donors (Lipinski definition) is 2. The highest BCUT2D eigenvalue weighted by molar-refractivity contribution is 5.79. The van der Waals surface area contributed by atoms with Crippen LogP contribution < -0.4 is 20.1 Å². The summed E-state index contributed by atoms with van der Waals surface area (Å²) < 4.78 is 10.6. The molecule has 0 bridgehead atoms. The van der Waals surface area contributed by atoms with Gasteiger partial charge in [-0.3, -0.25) is 4.99 Å². The topological polar surface area (TPSA) is 54.9 Å². The summed E-state index contributed by atoms with van der Waals surface area (Å²) in [6.45, 7) is 6.28. The number of benzene rings is 1. The van der Waals surface area contributed by atoms with E-state index in [2.05, 4.69) is 35.5 Å². The summed E-state index contributed by atoms with van der Waals surface area (Å²) in [7, 11) is 5.12. The summed E-state index contributed by atoms with van der Waals surface area (Å²) in [4.78, 5) is 4.24. The lowest BCUT2D eigenvalue weighted by atomic mass is 10.1. The van der Waals surface area contributed by atoms with Crippen LogP contribution in [0.4, 0.5) is 0 Å². The molecule has 0 aromatic heterocycles. The number of aryl methyl sites for hydroxylation is 1. The van der Waals surface area contributed by atoms with Crippen LogP contribution in [0.15, 0.2) is 23.2 Å². The Kier molecular flexibility index (Phi) is 8.95. The molecule has 0 fully saturated rings. The Balaban J connectivity index is 2.33. The third kappa shape index (κ3) is 7.26. The highest BCUT2D eigenvalue weighted by Gasteiger charge is 2.04. The molecule has 1 rings (SSSR count). The van der Waals surface area contributed by atoms with Gasteiger partial charge < -0.3 is 20.1 Å². The molecule has 0 heterocycles. The predicted molar refractivity (Wildman–Crippen MR) is 96.7 cm³/mol. The standard InChI is InChI=1S/C18H31N3O2/c1-14(2)10-12-21-18(19-3)20-11-6-7-15-8-9-16(22-4)17(13-15)23-5/h8-9,13-14H,6-7,10-12H2,1-5H3,(H2,19,20,21). The van der Waals surface area contributed by atoms with Gasteiger partial charge in [0.05, 0.1) is 14.2 Å². The van der Waals surface area contributed by atoms with Crippen molar-refractivity contribution < 1.29 is 9.47 Å². The Bertz CT molecular complexity index is 487. The SMILES string of the molecule is CN=C(NCCCc1ccc(OC)c(OC)c1)NCCC(C)C. The lowest BCUT2D eigenvalue weighted by molar-refractivity contribution is 0.354. The van der Waals surface area contributed by atoms with Crippen molar-refractivity contribution in [2.24, 2.45) is 10.9 Å². The fourth-order valence-corrected chi connectivity index (χ4v) is 2.24. The molecule has 5 heteroatoms. The first-order valence-corrected chi connectivity index (χ1v) is 8.26. The number of hydrogen-bond acceptors (Lipinski definition) is 3. The Hall–Kier alpha value is -1.91. The van der Waals surface area contributed by atoms with Crippen molar-refractivity contribution in [3.63, 3.8) is 0 Å². The van der Waals surface area contributed by atoms with Gasteiger partial charge in [-0.1, -0.05) is 19.9 Å². The Morgan fingerprint density at radius 3 is 2.39 bits per heavy atom. The Labute approximate surface area is 140 Å². The number of aliphatic imine (C=N–C) groups is 1. The van der Waals surface area contributed by atoms with E-state index < -0.39 is 0 Å². The normalized spacial score (nSPS) is 11.5. The molecule has 0 aliphatic heterocycles. The first kappa shape index (κ1) is 19.1. The number of nitrogens with zero attached hydrogens (tertiary/aromatic N) is 1. The molecule has 0 aliphatic rings. The second-order valence-corrected chi connectivity index (χ2v) is 5.90. The summed E-state index contributed by atoms with van der Waals surface area (Å²) in [5.41, 5.74) is 1.24. The van der Waals surface area contributed by atoms with Crippen molar-refractivity contribution in [3.8, 4) is 11.5 Å². The second kappa shape index (κ2) is 10.8. The van der Waals surface area contributed by atoms with E-state index >= 15 is 0 Å². The number of nitrogens with one attached hydrogen (secondary N) is 2. The molecular weight excluding hydrogens is 290 g/mol. The van der Waals surface area contributed by atoms with Crippen molar-refractivity contribution in [1.29, 1.82) is 0 Å². The fourth-order valence-electron chi connectivity index (χ4n) is 2.24. The monoisotopic (exact) mass is 321 g/mol. The highest BCUT2D eigenvalue weighted by atomic mass is 16.5. The fraction of sp³-hybridized carbons (Fsp3) is 0.611. The van der Waals surface area contributed by atoms with E-state index in [4.69, 9.17) is 9.47 Å². The van der Waals surface area contributed by atoms with E-state index in [1.807, 2.05) is 12.1 Å². The molecule has 1 aromatic rings. The summed E-state index contributed by atoms with van der Waals surface area (Å²) >= 11 is 0. The van der Waals surface area contributed by atoms with Gasteiger partial charge >= 0.3 is 0 Å². The highest BCUT2D eigenvalue weighted by Crippen LogP contribution is 2.27. The third-order valence-corrected chi connectivity index (χ3v) is 3.62. The summed E-state index contributed by atoms with van der Waals surface area (Å²) in [5.74, 6) is 3.12. The Morgan fingerprint density at radius 2 is 1.78 bits per heavy atom. The lowest BCUT2D eigenvalue weighted by Crippen LogP contribution is -2.38. The van der Waals surface area contributed by atoms with Crippen LogP contribution in [-0.4, -0.2) is 40.3 Å². The minimum Gasteiger partial charge on any atom is -0.493 e. The zero-order valence-corrected chi connectivity index (χ0v) is 15.1. The summed E-state index contributed by atoms with van der Waals surface area (Å²) in [5, 5.41) is 6.68. The lowest BCUT2D eigenvalue weighted by Gasteiger charge is -2.13. The van der Waals surface area contributed by atoms with Crippen LogP contribution in [0.1, 0.15) is 32.3 Å². The van der Waals surface area contributed by atoms with Crippen molar-refractivity contribution in [1.82, 2.24) is 10.6 Å². The van der Waals surface area contributed by atoms with Gasteiger partial charge in [0.2, 0.25) is 0 Å². The molecule has 1 aromatic carbocycles. The van der Waals surface area contributed by atoms with Gasteiger partial charge in [0.15, 0.2) is 17.5 Å². The minimum absolute atomic E-state index is 0.700. The van der Waals surface area contributed by atoms with Gasteiger partial charge in [-0.25, -0.2) is 0 Å². The van der Waals surface area contributed by atoms with Crippen LogP contribution in [0, 0.1) is 5.92 Å². The molecule has 0 amide bonds. The Morgan fingerprint density at radius 1 is 1.09 bits per heavy atom. The maximum Gasteiger partial charge on any atom is 0.190 e. The van der Waals surface area contributed by atoms with Crippen molar-refractivity contribution in [2.75, 3.05) is 34.4 Å². The first-order chi connectivity index (χ1) is 11.1. The molecule has 0 spiro atoms. The number of guanidine groups is 1. The van der Waals surface area contributed by atoms with Crippen LogP contribution in [0.5, 0.6) is 11.5 Å². The van der Waals surface area contributed by atoms with Crippen LogP contribution in [0.25, 0.3) is 0 Å². The van der Waals surface area contributed by atoms with E-state index in [1.54, 1.807) is 21.3 Å². The number of ether oxygens (including phenoxy) is 2. The van der Waals surface area contributed by atoms with Crippen LogP contribution >= 0.6 is 0 Å². The maximum absolute atomic E-state index is 5.33. The molecule has 2 N–H and O–H groups in total. The maximum atomic E-state index is 5.33. The van der Waals surface area contributed by atoms with Crippen molar-refractivity contribution >= 4 is 5.96 Å². The molecule has 0 saturated heterocycles. The van der Waals surface area contributed by atoms with Gasteiger partial charge in [-0.15, -0.1) is 0 Å². The van der Waals surface area contributed by atoms with E-state index in [0.717, 1.165) is 49.8 Å². The zero-order valence-electron chi connectivity index (χ0n) is 15.1. The van der Waals surface area contributed by atoms with Gasteiger partial charge in [0.25, 0.3) is 0 Å². The number of methoxy groups -OCH3 is 2. The van der Waals surface area contributed by atoms with Gasteiger partial charge in [0, 0.05) is 20.1 Å². The average molecular weight is 321 g/mol. The van der Waals surface area contributed by atoms with E-state index in [9.17, 15) is 0 Å². The van der Waals surface area contributed by atoms with E-state index in [0.29, 0.717) is 5.92 Å². The second-order valence-electron chi connectivity index (χ2n) is 5.90. The minimum atomic E-state index is 0.700. The van der Waals surface area contributed by atoms with E-state index in [-0.39, 0.29) is 0 Å². The smallest absolute Gasteiger partial charge is 0.190 e. The van der Waals surface area contributed by atoms with Crippen molar-refractivity contribution in [2.45, 2.75) is 33.1 Å². The molecule has 130 valence electrons. The first-order valence-electron chi connectivity index (χ1n) is 8.26. The van der Waals surface area contributed by atoms with Gasteiger partial charge in [-0.2, -0.15) is 0 Å². The molecule has 0 saturated carbocycles. The molecule has 0 atom stereocenters. The van der Waals surface area contributed by atoms with Gasteiger partial charge in [-0.05, 0) is 42.9 Å². The molecule has 23 heavy (non-hydrogen) atoms. The third-order valence-electron chi connectivity index (χ3n) is 3.62. The largest absolute Gasteiger partial charge is 0.493 e. The zero-order chi connectivity index (χ0) is 17.1. The molecule has 0 unspecified atom stereocenters. The van der Waals surface area contributed by atoms with Gasteiger partial charge in [0.1, 0.15) is 0 Å². The van der Waals surface area contributed by atoms with Crippen LogP contribution in [0.2, 0.25) is 0 Å². The predicted octanol–water partition coefficient (Wildman–Crippen LogP) is 2.85. The quantitative estimate of drug-likeness (QED) is 0.417.